The Morgan fingerprint density at radius 1 is 1.23 bits per heavy atom. The van der Waals surface area contributed by atoms with Crippen molar-refractivity contribution in [3.8, 4) is 0 Å². The minimum absolute atomic E-state index is 0.290. The molecular formula is C19H20F2N4O. The number of aromatic nitrogens is 2. The number of carbonyl (C=O) groups excluding carboxylic acids is 1. The van der Waals surface area contributed by atoms with Crippen LogP contribution in [0, 0.1) is 11.6 Å². The highest BCUT2D eigenvalue weighted by Crippen LogP contribution is 2.21. The lowest BCUT2D eigenvalue weighted by atomic mass is 10.0. The highest BCUT2D eigenvalue weighted by molar-refractivity contribution is 5.83. The standard InChI is InChI=1S/C19H20F2N4O/c1-25(2)18(13-5-3-4-6-14(13)21)19(26)22-10-9-17-23-15-8-7-12(20)11-16(15)24-17/h3-8,11,18H,9-10H2,1-2H3,(H,22,26)(H,23,24). The molecule has 0 spiro atoms. The number of halogens is 2. The Bertz CT molecular complexity index is 923. The third kappa shape index (κ3) is 3.88. The summed E-state index contributed by atoms with van der Waals surface area (Å²) in [6, 6.07) is 9.85. The molecule has 3 rings (SSSR count). The third-order valence-electron chi connectivity index (χ3n) is 4.12. The van der Waals surface area contributed by atoms with Gasteiger partial charge in [0.25, 0.3) is 0 Å². The Balaban J connectivity index is 1.65. The zero-order valence-corrected chi connectivity index (χ0v) is 14.6. The van der Waals surface area contributed by atoms with Crippen molar-refractivity contribution in [2.75, 3.05) is 20.6 Å². The summed E-state index contributed by atoms with van der Waals surface area (Å²) < 4.78 is 27.3. The molecule has 5 nitrogen and oxygen atoms in total. The maximum absolute atomic E-state index is 14.0. The van der Waals surface area contributed by atoms with E-state index < -0.39 is 11.9 Å². The molecule has 2 N–H and O–H groups in total. The van der Waals surface area contributed by atoms with Gasteiger partial charge in [0, 0.05) is 18.5 Å². The Morgan fingerprint density at radius 2 is 2.00 bits per heavy atom. The molecule has 2 aromatic carbocycles. The number of benzene rings is 2. The summed E-state index contributed by atoms with van der Waals surface area (Å²) in [5.41, 5.74) is 1.61. The molecule has 26 heavy (non-hydrogen) atoms. The van der Waals surface area contributed by atoms with E-state index in [1.54, 1.807) is 43.3 Å². The first-order valence-corrected chi connectivity index (χ1v) is 8.28. The number of fused-ring (bicyclic) bond motifs is 1. The molecule has 0 aliphatic carbocycles. The lowest BCUT2D eigenvalue weighted by Gasteiger charge is -2.24. The van der Waals surface area contributed by atoms with Gasteiger partial charge >= 0.3 is 0 Å². The number of aromatic amines is 1. The first-order valence-electron chi connectivity index (χ1n) is 8.28. The normalized spacial score (nSPS) is 12.5. The molecule has 1 heterocycles. The highest BCUT2D eigenvalue weighted by Gasteiger charge is 2.25. The fourth-order valence-corrected chi connectivity index (χ4v) is 2.90. The Morgan fingerprint density at radius 3 is 2.73 bits per heavy atom. The quantitative estimate of drug-likeness (QED) is 0.712. The lowest BCUT2D eigenvalue weighted by Crippen LogP contribution is -2.38. The number of imidazole rings is 1. The van der Waals surface area contributed by atoms with Crippen molar-refractivity contribution in [1.82, 2.24) is 20.2 Å². The molecule has 1 aromatic heterocycles. The van der Waals surface area contributed by atoms with Crippen molar-refractivity contribution in [3.05, 3.63) is 65.5 Å². The zero-order chi connectivity index (χ0) is 18.7. The van der Waals surface area contributed by atoms with Crippen molar-refractivity contribution >= 4 is 16.9 Å². The summed E-state index contributed by atoms with van der Waals surface area (Å²) in [4.78, 5) is 21.6. The van der Waals surface area contributed by atoms with Crippen LogP contribution in [-0.4, -0.2) is 41.4 Å². The molecule has 3 aromatic rings. The van der Waals surface area contributed by atoms with E-state index in [2.05, 4.69) is 15.3 Å². The zero-order valence-electron chi connectivity index (χ0n) is 14.6. The number of carbonyl (C=O) groups is 1. The Kier molecular flexibility index (Phi) is 5.27. The van der Waals surface area contributed by atoms with Crippen molar-refractivity contribution in [1.29, 1.82) is 0 Å². The highest BCUT2D eigenvalue weighted by atomic mass is 19.1. The van der Waals surface area contributed by atoms with Crippen LogP contribution < -0.4 is 5.32 Å². The van der Waals surface area contributed by atoms with E-state index in [1.165, 1.54) is 18.2 Å². The van der Waals surface area contributed by atoms with Crippen molar-refractivity contribution < 1.29 is 13.6 Å². The third-order valence-corrected chi connectivity index (χ3v) is 4.12. The molecule has 0 saturated carbocycles. The van der Waals surface area contributed by atoms with E-state index in [9.17, 15) is 13.6 Å². The average molecular weight is 358 g/mol. The number of hydrogen-bond acceptors (Lipinski definition) is 3. The van der Waals surface area contributed by atoms with E-state index in [1.807, 2.05) is 0 Å². The fraction of sp³-hybridized carbons (Fsp3) is 0.263. The van der Waals surface area contributed by atoms with Gasteiger partial charge in [-0.15, -0.1) is 0 Å². The topological polar surface area (TPSA) is 61.0 Å². The van der Waals surface area contributed by atoms with Crippen LogP contribution in [0.5, 0.6) is 0 Å². The summed E-state index contributed by atoms with van der Waals surface area (Å²) in [6.07, 6.45) is 0.458. The second-order valence-corrected chi connectivity index (χ2v) is 6.27. The molecule has 0 aliphatic rings. The molecule has 0 fully saturated rings. The van der Waals surface area contributed by atoms with Crippen LogP contribution in [0.25, 0.3) is 11.0 Å². The smallest absolute Gasteiger partial charge is 0.242 e. The number of hydrogen-bond donors (Lipinski definition) is 2. The number of rotatable bonds is 6. The van der Waals surface area contributed by atoms with Crippen LogP contribution >= 0.6 is 0 Å². The molecular weight excluding hydrogens is 338 g/mol. The molecule has 0 radical (unpaired) electrons. The first-order chi connectivity index (χ1) is 12.5. The summed E-state index contributed by atoms with van der Waals surface area (Å²) in [5.74, 6) is -0.388. The number of likely N-dealkylation sites (N-methyl/N-ethyl adjacent to an activating group) is 1. The van der Waals surface area contributed by atoms with E-state index in [-0.39, 0.29) is 11.7 Å². The van der Waals surface area contributed by atoms with Crippen molar-refractivity contribution in [3.63, 3.8) is 0 Å². The van der Waals surface area contributed by atoms with Crippen LogP contribution in [0.15, 0.2) is 42.5 Å². The SMILES string of the molecule is CN(C)C(C(=O)NCCc1nc2ccc(F)cc2[nH]1)c1ccccc1F. The van der Waals surface area contributed by atoms with E-state index in [0.717, 1.165) is 0 Å². The van der Waals surface area contributed by atoms with Gasteiger partial charge in [0.05, 0.1) is 11.0 Å². The summed E-state index contributed by atoms with van der Waals surface area (Å²) in [7, 11) is 3.45. The predicted octanol–water partition coefficient (Wildman–Crippen LogP) is 2.80. The fourth-order valence-electron chi connectivity index (χ4n) is 2.90. The van der Waals surface area contributed by atoms with Crippen LogP contribution in [0.4, 0.5) is 8.78 Å². The van der Waals surface area contributed by atoms with Crippen LogP contribution in [-0.2, 0) is 11.2 Å². The molecule has 1 amide bonds. The van der Waals surface area contributed by atoms with E-state index >= 15 is 0 Å². The number of nitrogens with zero attached hydrogens (tertiary/aromatic N) is 2. The minimum Gasteiger partial charge on any atom is -0.354 e. The van der Waals surface area contributed by atoms with Gasteiger partial charge in [-0.05, 0) is 38.4 Å². The van der Waals surface area contributed by atoms with Gasteiger partial charge in [-0.25, -0.2) is 13.8 Å². The number of nitrogens with one attached hydrogen (secondary N) is 2. The second kappa shape index (κ2) is 7.61. The largest absolute Gasteiger partial charge is 0.354 e. The van der Waals surface area contributed by atoms with Crippen molar-refractivity contribution in [2.24, 2.45) is 0 Å². The monoisotopic (exact) mass is 358 g/mol. The van der Waals surface area contributed by atoms with Gasteiger partial charge in [0.1, 0.15) is 23.5 Å². The van der Waals surface area contributed by atoms with Crippen molar-refractivity contribution in [2.45, 2.75) is 12.5 Å². The molecule has 0 bridgehead atoms. The van der Waals surface area contributed by atoms with Crippen LogP contribution in [0.2, 0.25) is 0 Å². The number of H-pyrrole nitrogens is 1. The van der Waals surface area contributed by atoms with E-state index in [4.69, 9.17) is 0 Å². The van der Waals surface area contributed by atoms with E-state index in [0.29, 0.717) is 35.4 Å². The summed E-state index contributed by atoms with van der Waals surface area (Å²) in [6.45, 7) is 0.333. The van der Waals surface area contributed by atoms with Gasteiger partial charge in [-0.3, -0.25) is 9.69 Å². The maximum atomic E-state index is 14.0. The predicted molar refractivity (Wildman–Crippen MR) is 95.6 cm³/mol. The van der Waals surface area contributed by atoms with Gasteiger partial charge in [-0.1, -0.05) is 18.2 Å². The maximum Gasteiger partial charge on any atom is 0.242 e. The Labute approximate surface area is 150 Å². The summed E-state index contributed by atoms with van der Waals surface area (Å²) in [5, 5.41) is 2.81. The molecule has 7 heteroatoms. The van der Waals surface area contributed by atoms with Crippen LogP contribution in [0.3, 0.4) is 0 Å². The van der Waals surface area contributed by atoms with Gasteiger partial charge in [0.15, 0.2) is 0 Å². The molecule has 136 valence electrons. The van der Waals surface area contributed by atoms with Gasteiger partial charge in [0.2, 0.25) is 5.91 Å². The molecule has 0 saturated heterocycles. The molecule has 1 atom stereocenters. The minimum atomic E-state index is -0.721. The average Bonchev–Trinajstić information content (AvgIpc) is 2.98. The molecule has 1 unspecified atom stereocenters. The van der Waals surface area contributed by atoms with Gasteiger partial charge in [-0.2, -0.15) is 0 Å². The molecule has 0 aliphatic heterocycles. The van der Waals surface area contributed by atoms with Gasteiger partial charge < -0.3 is 10.3 Å². The lowest BCUT2D eigenvalue weighted by molar-refractivity contribution is -0.125. The first kappa shape index (κ1) is 18.0. The Hall–Kier alpha value is -2.80. The second-order valence-electron chi connectivity index (χ2n) is 6.27. The summed E-state index contributed by atoms with van der Waals surface area (Å²) >= 11 is 0. The number of amides is 1. The van der Waals surface area contributed by atoms with Crippen LogP contribution in [0.1, 0.15) is 17.4 Å².